The van der Waals surface area contributed by atoms with E-state index in [4.69, 9.17) is 4.52 Å². The second-order valence-electron chi connectivity index (χ2n) is 5.62. The van der Waals surface area contributed by atoms with E-state index in [-0.39, 0.29) is 36.1 Å². The molecule has 20 heavy (non-hydrogen) atoms. The highest BCUT2D eigenvalue weighted by molar-refractivity contribution is 6.05. The van der Waals surface area contributed by atoms with Crippen molar-refractivity contribution in [2.45, 2.75) is 39.2 Å². The maximum absolute atomic E-state index is 12.3. The van der Waals surface area contributed by atoms with Gasteiger partial charge in [0.25, 0.3) is 0 Å². The Morgan fingerprint density at radius 1 is 1.25 bits per heavy atom. The van der Waals surface area contributed by atoms with Crippen LogP contribution in [-0.4, -0.2) is 26.9 Å². The standard InChI is InChI=1S/C14H17N3O3/c1-8(2)12-15-11(16-20-12)7-17-13(18)9-5-3-4-6-10(9)14(17)19/h3-4,8-10H,5-7H2,1-2H3/t9-,10-/m1/s1. The second-order valence-corrected chi connectivity index (χ2v) is 5.62. The van der Waals surface area contributed by atoms with Crippen molar-refractivity contribution < 1.29 is 14.1 Å². The number of hydrogen-bond donors (Lipinski definition) is 0. The van der Waals surface area contributed by atoms with Gasteiger partial charge in [0.1, 0.15) is 0 Å². The number of carbonyl (C=O) groups is 2. The molecule has 1 aromatic rings. The number of allylic oxidation sites excluding steroid dienone is 2. The van der Waals surface area contributed by atoms with E-state index in [9.17, 15) is 9.59 Å². The first-order chi connectivity index (χ1) is 9.58. The molecule has 6 heteroatoms. The number of amides is 2. The summed E-state index contributed by atoms with van der Waals surface area (Å²) in [5.74, 6) is 0.418. The Morgan fingerprint density at radius 3 is 2.35 bits per heavy atom. The zero-order valence-electron chi connectivity index (χ0n) is 11.6. The molecule has 1 aliphatic heterocycles. The van der Waals surface area contributed by atoms with Crippen LogP contribution in [0, 0.1) is 11.8 Å². The number of aromatic nitrogens is 2. The van der Waals surface area contributed by atoms with Gasteiger partial charge in [-0.25, -0.2) is 0 Å². The summed E-state index contributed by atoms with van der Waals surface area (Å²) < 4.78 is 5.10. The minimum atomic E-state index is -0.205. The number of nitrogens with zero attached hydrogens (tertiary/aromatic N) is 3. The molecule has 1 saturated heterocycles. The first-order valence-electron chi connectivity index (χ1n) is 6.90. The zero-order valence-corrected chi connectivity index (χ0v) is 11.6. The van der Waals surface area contributed by atoms with E-state index in [2.05, 4.69) is 10.1 Å². The molecule has 6 nitrogen and oxygen atoms in total. The molecule has 1 aromatic heterocycles. The molecule has 0 unspecified atom stereocenters. The van der Waals surface area contributed by atoms with E-state index in [1.165, 1.54) is 4.90 Å². The van der Waals surface area contributed by atoms with Gasteiger partial charge >= 0.3 is 0 Å². The van der Waals surface area contributed by atoms with E-state index >= 15 is 0 Å². The number of fused-ring (bicyclic) bond motifs is 1. The van der Waals surface area contributed by atoms with Crippen molar-refractivity contribution in [2.75, 3.05) is 0 Å². The summed E-state index contributed by atoms with van der Waals surface area (Å²) in [6.45, 7) is 4.01. The fourth-order valence-corrected chi connectivity index (χ4v) is 2.73. The fraction of sp³-hybridized carbons (Fsp3) is 0.571. The van der Waals surface area contributed by atoms with Crippen molar-refractivity contribution in [3.8, 4) is 0 Å². The van der Waals surface area contributed by atoms with Gasteiger partial charge in [0.05, 0.1) is 18.4 Å². The van der Waals surface area contributed by atoms with Gasteiger partial charge in [0, 0.05) is 5.92 Å². The van der Waals surface area contributed by atoms with Crippen molar-refractivity contribution in [2.24, 2.45) is 11.8 Å². The molecule has 1 fully saturated rings. The molecule has 3 rings (SSSR count). The highest BCUT2D eigenvalue weighted by Crippen LogP contribution is 2.35. The molecule has 0 radical (unpaired) electrons. The van der Waals surface area contributed by atoms with Gasteiger partial charge in [-0.2, -0.15) is 4.98 Å². The van der Waals surface area contributed by atoms with Gasteiger partial charge in [-0.05, 0) is 12.8 Å². The topological polar surface area (TPSA) is 76.3 Å². The quantitative estimate of drug-likeness (QED) is 0.619. The summed E-state index contributed by atoms with van der Waals surface area (Å²) in [7, 11) is 0. The highest BCUT2D eigenvalue weighted by atomic mass is 16.5. The van der Waals surface area contributed by atoms with E-state index in [0.717, 1.165) is 0 Å². The molecule has 0 saturated carbocycles. The summed E-state index contributed by atoms with van der Waals surface area (Å²) in [5, 5.41) is 3.84. The second kappa shape index (κ2) is 4.85. The van der Waals surface area contributed by atoms with Crippen LogP contribution in [-0.2, 0) is 16.1 Å². The Labute approximate surface area is 116 Å². The van der Waals surface area contributed by atoms with Crippen LogP contribution < -0.4 is 0 Å². The van der Waals surface area contributed by atoms with Crippen molar-refractivity contribution >= 4 is 11.8 Å². The van der Waals surface area contributed by atoms with Gasteiger partial charge in [-0.1, -0.05) is 31.2 Å². The van der Waals surface area contributed by atoms with Gasteiger partial charge in [-0.15, -0.1) is 0 Å². The van der Waals surface area contributed by atoms with Crippen LogP contribution >= 0.6 is 0 Å². The minimum Gasteiger partial charge on any atom is -0.339 e. The zero-order chi connectivity index (χ0) is 14.3. The molecule has 106 valence electrons. The summed E-state index contributed by atoms with van der Waals surface area (Å²) in [6, 6.07) is 0. The molecule has 2 heterocycles. The van der Waals surface area contributed by atoms with Crippen LogP contribution in [0.2, 0.25) is 0 Å². The average molecular weight is 275 g/mol. The summed E-state index contributed by atoms with van der Waals surface area (Å²) >= 11 is 0. The van der Waals surface area contributed by atoms with Crippen molar-refractivity contribution in [1.82, 2.24) is 15.0 Å². The number of carbonyl (C=O) groups excluding carboxylic acids is 2. The lowest BCUT2D eigenvalue weighted by atomic mass is 9.85. The Morgan fingerprint density at radius 2 is 1.85 bits per heavy atom. The Hall–Kier alpha value is -1.98. The monoisotopic (exact) mass is 275 g/mol. The predicted octanol–water partition coefficient (Wildman–Crippen LogP) is 1.64. The summed E-state index contributed by atoms with van der Waals surface area (Å²) in [5.41, 5.74) is 0. The molecule has 2 atom stereocenters. The average Bonchev–Trinajstić information content (AvgIpc) is 3.00. The van der Waals surface area contributed by atoms with Gasteiger partial charge in [0.15, 0.2) is 5.82 Å². The van der Waals surface area contributed by atoms with Crippen LogP contribution in [0.4, 0.5) is 0 Å². The first-order valence-corrected chi connectivity index (χ1v) is 6.90. The van der Waals surface area contributed by atoms with E-state index < -0.39 is 0 Å². The lowest BCUT2D eigenvalue weighted by Crippen LogP contribution is -2.31. The SMILES string of the molecule is CC(C)c1nc(CN2C(=O)[C@@H]3CC=CC[C@H]3C2=O)no1. The smallest absolute Gasteiger partial charge is 0.233 e. The molecular formula is C14H17N3O3. The summed E-state index contributed by atoms with van der Waals surface area (Å²) in [6.07, 6.45) is 5.24. The molecule has 0 bridgehead atoms. The van der Waals surface area contributed by atoms with Crippen LogP contribution in [0.25, 0.3) is 0 Å². The first kappa shape index (κ1) is 13.0. The maximum Gasteiger partial charge on any atom is 0.233 e. The Balaban J connectivity index is 1.77. The molecule has 0 N–H and O–H groups in total. The van der Waals surface area contributed by atoms with Crippen LogP contribution in [0.15, 0.2) is 16.7 Å². The normalized spacial score (nSPS) is 25.6. The Bertz CT molecular complexity index is 550. The van der Waals surface area contributed by atoms with Crippen LogP contribution in [0.5, 0.6) is 0 Å². The van der Waals surface area contributed by atoms with Crippen LogP contribution in [0.3, 0.4) is 0 Å². The lowest BCUT2D eigenvalue weighted by Gasteiger charge is -2.14. The van der Waals surface area contributed by atoms with Gasteiger partial charge in [0.2, 0.25) is 17.7 Å². The van der Waals surface area contributed by atoms with E-state index in [0.29, 0.717) is 24.6 Å². The predicted molar refractivity (Wildman–Crippen MR) is 69.3 cm³/mol. The number of likely N-dealkylation sites (tertiary alicyclic amines) is 1. The van der Waals surface area contributed by atoms with Crippen molar-refractivity contribution in [3.05, 3.63) is 23.9 Å². The van der Waals surface area contributed by atoms with Gasteiger partial charge in [-0.3, -0.25) is 14.5 Å². The van der Waals surface area contributed by atoms with Crippen molar-refractivity contribution in [3.63, 3.8) is 0 Å². The highest BCUT2D eigenvalue weighted by Gasteiger charge is 2.47. The number of imide groups is 1. The molecule has 0 aromatic carbocycles. The van der Waals surface area contributed by atoms with E-state index in [1.54, 1.807) is 0 Å². The third-order valence-electron chi connectivity index (χ3n) is 3.88. The molecule has 2 amide bonds. The van der Waals surface area contributed by atoms with Gasteiger partial charge < -0.3 is 4.52 Å². The van der Waals surface area contributed by atoms with Crippen molar-refractivity contribution in [1.29, 1.82) is 0 Å². The summed E-state index contributed by atoms with van der Waals surface area (Å²) in [4.78, 5) is 30.1. The molecule has 1 aliphatic carbocycles. The minimum absolute atomic E-state index is 0.111. The third kappa shape index (κ3) is 2.05. The maximum atomic E-state index is 12.3. The van der Waals surface area contributed by atoms with E-state index in [1.807, 2.05) is 26.0 Å². The number of rotatable bonds is 3. The molecule has 0 spiro atoms. The lowest BCUT2D eigenvalue weighted by molar-refractivity contribution is -0.140. The fourth-order valence-electron chi connectivity index (χ4n) is 2.73. The largest absolute Gasteiger partial charge is 0.339 e. The Kier molecular flexibility index (Phi) is 3.16. The van der Waals surface area contributed by atoms with Crippen LogP contribution in [0.1, 0.15) is 44.3 Å². The molecular weight excluding hydrogens is 258 g/mol. The molecule has 2 aliphatic rings. The third-order valence-corrected chi connectivity index (χ3v) is 3.88. The number of hydrogen-bond acceptors (Lipinski definition) is 5.